The molecule has 1 heterocycles. The molecule has 1 saturated heterocycles. The number of carbonyl (C=O) groups excluding carboxylic acids is 2. The SMILES string of the molecule is CC1CN(C(=O)OC(C)(C)C)CCN1C(=O)c1c(F)ccc(Br)c1F. The Labute approximate surface area is 154 Å². The highest BCUT2D eigenvalue weighted by molar-refractivity contribution is 9.10. The third kappa shape index (κ3) is 4.48. The molecule has 1 aliphatic rings. The van der Waals surface area contributed by atoms with E-state index in [9.17, 15) is 18.4 Å². The fourth-order valence-electron chi connectivity index (χ4n) is 2.62. The third-order valence-corrected chi connectivity index (χ3v) is 4.41. The van der Waals surface area contributed by atoms with Crippen molar-refractivity contribution in [2.24, 2.45) is 0 Å². The number of ether oxygens (including phenoxy) is 1. The smallest absolute Gasteiger partial charge is 0.410 e. The molecular weight excluding hydrogens is 398 g/mol. The van der Waals surface area contributed by atoms with E-state index in [0.717, 1.165) is 6.07 Å². The van der Waals surface area contributed by atoms with E-state index in [1.807, 2.05) is 0 Å². The Balaban J connectivity index is 2.13. The first-order valence-electron chi connectivity index (χ1n) is 7.93. The zero-order valence-corrected chi connectivity index (χ0v) is 16.2. The van der Waals surface area contributed by atoms with Crippen molar-refractivity contribution in [3.05, 3.63) is 33.8 Å². The maximum atomic E-state index is 14.2. The van der Waals surface area contributed by atoms with Crippen LogP contribution in [-0.2, 0) is 4.74 Å². The lowest BCUT2D eigenvalue weighted by Gasteiger charge is -2.40. The highest BCUT2D eigenvalue weighted by atomic mass is 79.9. The van der Waals surface area contributed by atoms with Gasteiger partial charge in [0, 0.05) is 25.7 Å². The van der Waals surface area contributed by atoms with Gasteiger partial charge in [-0.1, -0.05) is 0 Å². The lowest BCUT2D eigenvalue weighted by atomic mass is 10.1. The van der Waals surface area contributed by atoms with Crippen LogP contribution in [0.4, 0.5) is 13.6 Å². The molecule has 1 fully saturated rings. The quantitative estimate of drug-likeness (QED) is 0.651. The van der Waals surface area contributed by atoms with Crippen molar-refractivity contribution in [3.8, 4) is 0 Å². The number of piperazine rings is 1. The number of halogens is 3. The van der Waals surface area contributed by atoms with E-state index in [0.29, 0.717) is 0 Å². The molecule has 5 nitrogen and oxygen atoms in total. The van der Waals surface area contributed by atoms with Crippen molar-refractivity contribution in [1.82, 2.24) is 9.80 Å². The summed E-state index contributed by atoms with van der Waals surface area (Å²) < 4.78 is 33.5. The molecule has 138 valence electrons. The summed E-state index contributed by atoms with van der Waals surface area (Å²) in [5.41, 5.74) is -1.21. The van der Waals surface area contributed by atoms with E-state index in [1.165, 1.54) is 15.9 Å². The van der Waals surface area contributed by atoms with Crippen LogP contribution < -0.4 is 0 Å². The average molecular weight is 419 g/mol. The van der Waals surface area contributed by atoms with Crippen LogP contribution >= 0.6 is 15.9 Å². The summed E-state index contributed by atoms with van der Waals surface area (Å²) in [6.45, 7) is 7.68. The summed E-state index contributed by atoms with van der Waals surface area (Å²) in [6, 6.07) is 1.86. The Hall–Kier alpha value is -1.70. The van der Waals surface area contributed by atoms with Gasteiger partial charge in [-0.25, -0.2) is 13.6 Å². The summed E-state index contributed by atoms with van der Waals surface area (Å²) in [5, 5.41) is 0. The molecule has 0 spiro atoms. The predicted octanol–water partition coefficient (Wildman–Crippen LogP) is 3.81. The van der Waals surface area contributed by atoms with E-state index in [-0.39, 0.29) is 24.1 Å². The molecule has 0 bridgehead atoms. The Morgan fingerprint density at radius 2 is 1.88 bits per heavy atom. The van der Waals surface area contributed by atoms with Gasteiger partial charge in [0.05, 0.1) is 4.47 Å². The molecule has 1 aliphatic heterocycles. The highest BCUT2D eigenvalue weighted by Crippen LogP contribution is 2.25. The van der Waals surface area contributed by atoms with Crippen LogP contribution in [0.15, 0.2) is 16.6 Å². The van der Waals surface area contributed by atoms with Crippen LogP contribution in [0.2, 0.25) is 0 Å². The first-order valence-corrected chi connectivity index (χ1v) is 8.73. The van der Waals surface area contributed by atoms with Crippen LogP contribution in [0.25, 0.3) is 0 Å². The van der Waals surface area contributed by atoms with Gasteiger partial charge in [-0.15, -0.1) is 0 Å². The van der Waals surface area contributed by atoms with Gasteiger partial charge in [0.25, 0.3) is 5.91 Å². The summed E-state index contributed by atoms with van der Waals surface area (Å²) in [7, 11) is 0. The van der Waals surface area contributed by atoms with Gasteiger partial charge in [0.2, 0.25) is 0 Å². The first-order chi connectivity index (χ1) is 11.5. The number of amides is 2. The monoisotopic (exact) mass is 418 g/mol. The lowest BCUT2D eigenvalue weighted by molar-refractivity contribution is 0.00596. The van der Waals surface area contributed by atoms with Gasteiger partial charge < -0.3 is 14.5 Å². The third-order valence-electron chi connectivity index (χ3n) is 3.80. The second kappa shape index (κ2) is 7.27. The van der Waals surface area contributed by atoms with Crippen molar-refractivity contribution in [1.29, 1.82) is 0 Å². The maximum absolute atomic E-state index is 14.2. The maximum Gasteiger partial charge on any atom is 0.410 e. The van der Waals surface area contributed by atoms with Crippen molar-refractivity contribution in [2.45, 2.75) is 39.3 Å². The van der Waals surface area contributed by atoms with Crippen LogP contribution in [-0.4, -0.2) is 53.1 Å². The molecule has 1 aromatic carbocycles. The van der Waals surface area contributed by atoms with E-state index in [2.05, 4.69) is 15.9 Å². The molecule has 0 aromatic heterocycles. The minimum absolute atomic E-state index is 0.0253. The topological polar surface area (TPSA) is 49.9 Å². The van der Waals surface area contributed by atoms with Crippen LogP contribution in [0.1, 0.15) is 38.1 Å². The number of hydrogen-bond donors (Lipinski definition) is 0. The normalized spacial score (nSPS) is 18.3. The second-order valence-electron chi connectivity index (χ2n) is 6.99. The van der Waals surface area contributed by atoms with Crippen LogP contribution in [0.5, 0.6) is 0 Å². The standard InChI is InChI=1S/C17H21BrF2N2O3/c1-10-9-21(16(24)25-17(2,3)4)7-8-22(10)15(23)13-12(19)6-5-11(18)14(13)20/h5-6,10H,7-9H2,1-4H3. The zero-order valence-electron chi connectivity index (χ0n) is 14.6. The molecule has 2 amide bonds. The molecule has 25 heavy (non-hydrogen) atoms. The fourth-order valence-corrected chi connectivity index (χ4v) is 2.95. The minimum Gasteiger partial charge on any atom is -0.444 e. The van der Waals surface area contributed by atoms with Gasteiger partial charge in [-0.05, 0) is 55.8 Å². The van der Waals surface area contributed by atoms with Crippen molar-refractivity contribution >= 4 is 27.9 Å². The molecule has 1 unspecified atom stereocenters. The fraction of sp³-hybridized carbons (Fsp3) is 0.529. The Bertz CT molecular complexity index is 691. The zero-order chi connectivity index (χ0) is 18.9. The van der Waals surface area contributed by atoms with E-state index >= 15 is 0 Å². The largest absolute Gasteiger partial charge is 0.444 e. The molecule has 1 aromatic rings. The Morgan fingerprint density at radius 1 is 1.24 bits per heavy atom. The molecule has 0 aliphatic carbocycles. The second-order valence-corrected chi connectivity index (χ2v) is 7.85. The number of carbonyl (C=O) groups is 2. The minimum atomic E-state index is -0.924. The summed E-state index contributed by atoms with van der Waals surface area (Å²) in [6.07, 6.45) is -0.466. The van der Waals surface area contributed by atoms with Crippen molar-refractivity contribution < 1.29 is 23.1 Å². The number of hydrogen-bond acceptors (Lipinski definition) is 3. The van der Waals surface area contributed by atoms with Gasteiger partial charge in [-0.3, -0.25) is 4.79 Å². The highest BCUT2D eigenvalue weighted by Gasteiger charge is 2.34. The van der Waals surface area contributed by atoms with Crippen molar-refractivity contribution in [2.75, 3.05) is 19.6 Å². The number of rotatable bonds is 1. The molecule has 0 saturated carbocycles. The van der Waals surface area contributed by atoms with Gasteiger partial charge in [0.15, 0.2) is 5.82 Å². The Morgan fingerprint density at radius 3 is 2.44 bits per heavy atom. The molecule has 2 rings (SSSR count). The lowest BCUT2D eigenvalue weighted by Crippen LogP contribution is -2.56. The number of nitrogens with zero attached hydrogens (tertiary/aromatic N) is 2. The van der Waals surface area contributed by atoms with Gasteiger partial charge in [0.1, 0.15) is 17.0 Å². The summed E-state index contributed by atoms with van der Waals surface area (Å²) >= 11 is 2.96. The van der Waals surface area contributed by atoms with Gasteiger partial charge in [-0.2, -0.15) is 0 Å². The molecule has 8 heteroatoms. The predicted molar refractivity (Wildman–Crippen MR) is 92.4 cm³/mol. The number of benzene rings is 1. The Kier molecular flexibility index (Phi) is 5.71. The van der Waals surface area contributed by atoms with Crippen LogP contribution in [0.3, 0.4) is 0 Å². The van der Waals surface area contributed by atoms with E-state index in [4.69, 9.17) is 4.74 Å². The molecule has 1 atom stereocenters. The molecule has 0 N–H and O–H groups in total. The molecular formula is C17H21BrF2N2O3. The van der Waals surface area contributed by atoms with E-state index in [1.54, 1.807) is 27.7 Å². The average Bonchev–Trinajstić information content (AvgIpc) is 2.49. The van der Waals surface area contributed by atoms with Crippen LogP contribution in [0, 0.1) is 11.6 Å². The summed E-state index contributed by atoms with van der Waals surface area (Å²) in [4.78, 5) is 27.6. The van der Waals surface area contributed by atoms with Crippen molar-refractivity contribution in [3.63, 3.8) is 0 Å². The van der Waals surface area contributed by atoms with Gasteiger partial charge >= 0.3 is 6.09 Å². The molecule has 0 radical (unpaired) electrons. The first kappa shape index (κ1) is 19.6. The van der Waals surface area contributed by atoms with E-state index < -0.39 is 40.8 Å². The summed E-state index contributed by atoms with van der Waals surface area (Å²) in [5.74, 6) is -2.56.